The van der Waals surface area contributed by atoms with E-state index in [0.29, 0.717) is 16.5 Å². The molecule has 0 saturated heterocycles. The van der Waals surface area contributed by atoms with E-state index in [1.165, 1.54) is 12.1 Å². The molecule has 0 aromatic heterocycles. The van der Waals surface area contributed by atoms with E-state index in [0.717, 1.165) is 5.56 Å². The molecule has 0 bridgehead atoms. The van der Waals surface area contributed by atoms with E-state index < -0.39 is 5.82 Å². The van der Waals surface area contributed by atoms with Crippen molar-refractivity contribution >= 4 is 23.2 Å². The lowest BCUT2D eigenvalue weighted by Gasteiger charge is -2.03. The molecule has 0 amide bonds. The highest BCUT2D eigenvalue weighted by Gasteiger charge is 2.05. The van der Waals surface area contributed by atoms with Crippen molar-refractivity contribution in [3.8, 4) is 0 Å². The summed E-state index contributed by atoms with van der Waals surface area (Å²) in [5.74, 6) is -0.419. The Morgan fingerprint density at radius 2 is 1.83 bits per heavy atom. The first-order valence-electron chi connectivity index (χ1n) is 3.39. The van der Waals surface area contributed by atoms with Gasteiger partial charge in [0.15, 0.2) is 0 Å². The highest BCUT2D eigenvalue weighted by Crippen LogP contribution is 2.26. The molecule has 1 aromatic carbocycles. The minimum Gasteiger partial charge on any atom is -0.207 e. The molecule has 0 atom stereocenters. The Kier molecular flexibility index (Phi) is 3.12. The molecule has 0 spiro atoms. The zero-order chi connectivity index (χ0) is 9.14. The fourth-order valence-corrected chi connectivity index (χ4v) is 1.53. The van der Waals surface area contributed by atoms with Gasteiger partial charge >= 0.3 is 0 Å². The zero-order valence-electron chi connectivity index (χ0n) is 6.28. The molecular weight excluding hydrogens is 198 g/mol. The molecule has 0 nitrogen and oxygen atoms in total. The normalized spacial score (nSPS) is 9.92. The topological polar surface area (TPSA) is 0 Å². The van der Waals surface area contributed by atoms with E-state index in [4.69, 9.17) is 23.2 Å². The van der Waals surface area contributed by atoms with Crippen LogP contribution in [-0.4, -0.2) is 0 Å². The van der Waals surface area contributed by atoms with Gasteiger partial charge < -0.3 is 0 Å². The molecular formula is C9H7Cl2F. The molecule has 0 aliphatic carbocycles. The third-order valence-corrected chi connectivity index (χ3v) is 2.13. The summed E-state index contributed by atoms with van der Waals surface area (Å²) in [6.45, 7) is 3.55. The van der Waals surface area contributed by atoms with Crippen LogP contribution in [0.1, 0.15) is 5.56 Å². The van der Waals surface area contributed by atoms with Crippen LogP contribution in [0.3, 0.4) is 0 Å². The van der Waals surface area contributed by atoms with Crippen molar-refractivity contribution < 1.29 is 4.39 Å². The molecule has 3 heteroatoms. The fourth-order valence-electron chi connectivity index (χ4n) is 0.911. The molecule has 12 heavy (non-hydrogen) atoms. The van der Waals surface area contributed by atoms with Crippen molar-refractivity contribution in [1.82, 2.24) is 0 Å². The standard InChI is InChI=1S/C9H7Cl2F/c1-2-3-7-8(10)4-6(12)5-9(7)11/h2,4-5H,1,3H2. The maximum Gasteiger partial charge on any atom is 0.126 e. The lowest BCUT2D eigenvalue weighted by molar-refractivity contribution is 0.627. The first-order valence-corrected chi connectivity index (χ1v) is 4.15. The number of halogens is 3. The largest absolute Gasteiger partial charge is 0.207 e. The molecule has 0 fully saturated rings. The van der Waals surface area contributed by atoms with Gasteiger partial charge in [0.2, 0.25) is 0 Å². The Morgan fingerprint density at radius 1 is 1.33 bits per heavy atom. The third kappa shape index (κ3) is 1.99. The maximum absolute atomic E-state index is 12.7. The van der Waals surface area contributed by atoms with E-state index in [1.54, 1.807) is 6.08 Å². The van der Waals surface area contributed by atoms with E-state index in [9.17, 15) is 4.39 Å². The van der Waals surface area contributed by atoms with Crippen LogP contribution < -0.4 is 0 Å². The molecule has 0 unspecified atom stereocenters. The average Bonchev–Trinajstić information content (AvgIpc) is 1.96. The number of hydrogen-bond donors (Lipinski definition) is 0. The van der Waals surface area contributed by atoms with Gasteiger partial charge in [-0.05, 0) is 24.1 Å². The van der Waals surface area contributed by atoms with Gasteiger partial charge in [-0.3, -0.25) is 0 Å². The zero-order valence-corrected chi connectivity index (χ0v) is 7.79. The van der Waals surface area contributed by atoms with Crippen LogP contribution in [0.2, 0.25) is 10.0 Å². The van der Waals surface area contributed by atoms with Gasteiger partial charge in [-0.1, -0.05) is 29.3 Å². The summed E-state index contributed by atoms with van der Waals surface area (Å²) in [5.41, 5.74) is 0.717. The van der Waals surface area contributed by atoms with Crippen LogP contribution in [0.25, 0.3) is 0 Å². The van der Waals surface area contributed by atoms with Crippen LogP contribution in [0.4, 0.5) is 4.39 Å². The summed E-state index contributed by atoms with van der Waals surface area (Å²) in [4.78, 5) is 0. The van der Waals surface area contributed by atoms with Crippen molar-refractivity contribution in [3.63, 3.8) is 0 Å². The van der Waals surface area contributed by atoms with Crippen LogP contribution in [-0.2, 0) is 6.42 Å². The second kappa shape index (κ2) is 3.92. The Balaban J connectivity index is 3.18. The smallest absolute Gasteiger partial charge is 0.126 e. The maximum atomic E-state index is 12.7. The summed E-state index contributed by atoms with van der Waals surface area (Å²) in [7, 11) is 0. The first-order chi connectivity index (χ1) is 5.65. The summed E-state index contributed by atoms with van der Waals surface area (Å²) < 4.78 is 12.7. The van der Waals surface area contributed by atoms with E-state index in [-0.39, 0.29) is 0 Å². The summed E-state index contributed by atoms with van der Waals surface area (Å²) in [6.07, 6.45) is 2.23. The highest BCUT2D eigenvalue weighted by atomic mass is 35.5. The molecule has 0 radical (unpaired) electrons. The monoisotopic (exact) mass is 204 g/mol. The lowest BCUT2D eigenvalue weighted by Crippen LogP contribution is -1.86. The van der Waals surface area contributed by atoms with Gasteiger partial charge in [0.1, 0.15) is 5.82 Å². The van der Waals surface area contributed by atoms with E-state index in [2.05, 4.69) is 6.58 Å². The molecule has 1 rings (SSSR count). The Morgan fingerprint density at radius 3 is 2.25 bits per heavy atom. The van der Waals surface area contributed by atoms with Crippen molar-refractivity contribution in [1.29, 1.82) is 0 Å². The Hall–Kier alpha value is -0.530. The van der Waals surface area contributed by atoms with Crippen LogP contribution >= 0.6 is 23.2 Å². The van der Waals surface area contributed by atoms with Crippen molar-refractivity contribution in [2.24, 2.45) is 0 Å². The van der Waals surface area contributed by atoms with E-state index in [1.807, 2.05) is 0 Å². The molecule has 0 saturated carbocycles. The molecule has 0 N–H and O–H groups in total. The highest BCUT2D eigenvalue weighted by molar-refractivity contribution is 6.36. The number of hydrogen-bond acceptors (Lipinski definition) is 0. The molecule has 0 aliphatic heterocycles. The number of benzene rings is 1. The van der Waals surface area contributed by atoms with Gasteiger partial charge in [0.25, 0.3) is 0 Å². The molecule has 0 aliphatic rings. The summed E-state index contributed by atoms with van der Waals surface area (Å²) >= 11 is 11.5. The predicted octanol–water partition coefficient (Wildman–Crippen LogP) is 3.86. The van der Waals surface area contributed by atoms with Gasteiger partial charge in [-0.2, -0.15) is 0 Å². The lowest BCUT2D eigenvalue weighted by atomic mass is 10.1. The fraction of sp³-hybridized carbons (Fsp3) is 0.111. The first kappa shape index (κ1) is 9.56. The van der Waals surface area contributed by atoms with Crippen LogP contribution in [0.15, 0.2) is 24.8 Å². The Labute approximate surface area is 80.6 Å². The second-order valence-corrected chi connectivity index (χ2v) is 3.16. The van der Waals surface area contributed by atoms with E-state index >= 15 is 0 Å². The molecule has 0 heterocycles. The minimum atomic E-state index is -0.419. The van der Waals surface area contributed by atoms with Gasteiger partial charge in [0, 0.05) is 10.0 Å². The number of allylic oxidation sites excluding steroid dienone is 1. The van der Waals surface area contributed by atoms with Crippen LogP contribution in [0, 0.1) is 5.82 Å². The molecule has 1 aromatic rings. The summed E-state index contributed by atoms with van der Waals surface area (Å²) in [6, 6.07) is 2.48. The SMILES string of the molecule is C=CCc1c(Cl)cc(F)cc1Cl. The third-order valence-electron chi connectivity index (χ3n) is 1.45. The van der Waals surface area contributed by atoms with Gasteiger partial charge in [0.05, 0.1) is 0 Å². The van der Waals surface area contributed by atoms with Gasteiger partial charge in [-0.15, -0.1) is 6.58 Å². The average molecular weight is 205 g/mol. The van der Waals surface area contributed by atoms with Crippen LogP contribution in [0.5, 0.6) is 0 Å². The summed E-state index contributed by atoms with van der Waals surface area (Å²) in [5, 5.41) is 0.694. The Bertz CT molecular complexity index is 284. The minimum absolute atomic E-state index is 0.347. The predicted molar refractivity (Wildman–Crippen MR) is 50.3 cm³/mol. The molecule has 64 valence electrons. The quantitative estimate of drug-likeness (QED) is 0.643. The van der Waals surface area contributed by atoms with Crippen molar-refractivity contribution in [2.75, 3.05) is 0 Å². The van der Waals surface area contributed by atoms with Gasteiger partial charge in [-0.25, -0.2) is 4.39 Å². The van der Waals surface area contributed by atoms with Crippen molar-refractivity contribution in [2.45, 2.75) is 6.42 Å². The van der Waals surface area contributed by atoms with Crippen molar-refractivity contribution in [3.05, 3.63) is 46.2 Å². The number of rotatable bonds is 2. The second-order valence-electron chi connectivity index (χ2n) is 2.34.